The van der Waals surface area contributed by atoms with E-state index in [1.54, 1.807) is 11.6 Å². The predicted octanol–water partition coefficient (Wildman–Crippen LogP) is 3.19. The van der Waals surface area contributed by atoms with Crippen molar-refractivity contribution in [3.63, 3.8) is 0 Å². The Labute approximate surface area is 104 Å². The van der Waals surface area contributed by atoms with E-state index in [9.17, 15) is 10.1 Å². The highest BCUT2D eigenvalue weighted by Crippen LogP contribution is 2.33. The number of halogens is 1. The number of nitro groups is 1. The number of imidazole rings is 1. The molecule has 5 nitrogen and oxygen atoms in total. The maximum absolute atomic E-state index is 11.1. The van der Waals surface area contributed by atoms with Crippen molar-refractivity contribution >= 4 is 38.0 Å². The van der Waals surface area contributed by atoms with Gasteiger partial charge >= 0.3 is 5.82 Å². The molecule has 0 amide bonds. The lowest BCUT2D eigenvalue weighted by molar-refractivity contribution is -0.391. The van der Waals surface area contributed by atoms with Gasteiger partial charge < -0.3 is 10.1 Å². The summed E-state index contributed by atoms with van der Waals surface area (Å²) in [6.07, 6.45) is 1.68. The molecule has 2 aromatic rings. The number of nitrogens with zero attached hydrogens (tertiary/aromatic N) is 3. The molecule has 2 unspecified atom stereocenters. The van der Waals surface area contributed by atoms with Gasteiger partial charge in [0, 0.05) is 16.1 Å². The number of thiazole rings is 1. The molecule has 7 heteroatoms. The zero-order valence-corrected chi connectivity index (χ0v) is 11.2. The van der Waals surface area contributed by atoms with Crippen molar-refractivity contribution in [2.24, 2.45) is 0 Å². The van der Waals surface area contributed by atoms with Crippen molar-refractivity contribution < 1.29 is 4.92 Å². The van der Waals surface area contributed by atoms with Crippen LogP contribution >= 0.6 is 27.3 Å². The lowest BCUT2D eigenvalue weighted by Crippen LogP contribution is -2.08. The summed E-state index contributed by atoms with van der Waals surface area (Å²) in [6.45, 7) is 3.89. The van der Waals surface area contributed by atoms with Crippen LogP contribution in [0.2, 0.25) is 0 Å². The summed E-state index contributed by atoms with van der Waals surface area (Å²) in [4.78, 5) is 15.8. The Hall–Kier alpha value is -0.950. The van der Waals surface area contributed by atoms with Gasteiger partial charge in [-0.15, -0.1) is 0 Å². The topological polar surface area (TPSA) is 60.4 Å². The van der Waals surface area contributed by atoms with Gasteiger partial charge in [-0.3, -0.25) is 0 Å². The van der Waals surface area contributed by atoms with Crippen LogP contribution in [0.4, 0.5) is 5.82 Å². The third-order valence-corrected chi connectivity index (χ3v) is 4.11. The first-order valence-electron chi connectivity index (χ1n) is 4.76. The third kappa shape index (κ3) is 1.73. The zero-order chi connectivity index (χ0) is 11.9. The molecule has 0 aromatic carbocycles. The van der Waals surface area contributed by atoms with E-state index < -0.39 is 0 Å². The molecule has 0 radical (unpaired) electrons. The summed E-state index contributed by atoms with van der Waals surface area (Å²) in [6, 6.07) is 0. The van der Waals surface area contributed by atoms with Gasteiger partial charge in [0.05, 0.1) is 0 Å². The summed E-state index contributed by atoms with van der Waals surface area (Å²) >= 11 is 4.84. The molecule has 0 aliphatic heterocycles. The molecule has 0 bridgehead atoms. The average Bonchev–Trinajstić information content (AvgIpc) is 2.73. The Kier molecular flexibility index (Phi) is 2.98. The van der Waals surface area contributed by atoms with Gasteiger partial charge in [0.2, 0.25) is 0 Å². The maximum atomic E-state index is 11.1. The fourth-order valence-electron chi connectivity index (χ4n) is 1.50. The van der Waals surface area contributed by atoms with E-state index in [0.717, 1.165) is 0 Å². The Bertz CT molecular complexity index is 534. The minimum absolute atomic E-state index is 0.00694. The van der Waals surface area contributed by atoms with Crippen LogP contribution < -0.4 is 0 Å². The van der Waals surface area contributed by atoms with Gasteiger partial charge in [0.15, 0.2) is 0 Å². The molecule has 0 aliphatic rings. The second-order valence-corrected chi connectivity index (χ2v) is 5.92. The highest BCUT2D eigenvalue weighted by Gasteiger charge is 2.29. The van der Waals surface area contributed by atoms with Crippen LogP contribution in [0.1, 0.15) is 25.5 Å². The molecule has 2 atom stereocenters. The molecule has 2 heterocycles. The summed E-state index contributed by atoms with van der Waals surface area (Å²) < 4.78 is 1.53. The molecular weight excluding hydrogens is 294 g/mol. The van der Waals surface area contributed by atoms with E-state index in [4.69, 9.17) is 0 Å². The monoisotopic (exact) mass is 303 g/mol. The zero-order valence-electron chi connectivity index (χ0n) is 8.75. The second-order valence-electron chi connectivity index (χ2n) is 3.60. The molecule has 0 fully saturated rings. The van der Waals surface area contributed by atoms with Crippen molar-refractivity contribution in [3.05, 3.63) is 27.4 Å². The minimum atomic E-state index is -0.367. The lowest BCUT2D eigenvalue weighted by Gasteiger charge is -2.10. The summed E-state index contributed by atoms with van der Waals surface area (Å²) in [5.41, 5.74) is 0.543. The number of alkyl halides is 1. The van der Waals surface area contributed by atoms with Crippen molar-refractivity contribution in [2.75, 3.05) is 0 Å². The lowest BCUT2D eigenvalue weighted by atomic mass is 10.1. The molecule has 0 aliphatic carbocycles. The van der Waals surface area contributed by atoms with E-state index in [-0.39, 0.29) is 21.5 Å². The Morgan fingerprint density at radius 3 is 2.88 bits per heavy atom. The quantitative estimate of drug-likeness (QED) is 0.497. The number of rotatable bonds is 3. The van der Waals surface area contributed by atoms with Crippen LogP contribution in [0.3, 0.4) is 0 Å². The van der Waals surface area contributed by atoms with Crippen molar-refractivity contribution in [3.8, 4) is 0 Å². The SMILES string of the molecule is CC(Br)C(C)c1nc2sccn2c1[N+](=O)[O-]. The van der Waals surface area contributed by atoms with Crippen molar-refractivity contribution in [2.45, 2.75) is 24.6 Å². The summed E-state index contributed by atoms with van der Waals surface area (Å²) in [5.74, 6) is 0.0857. The van der Waals surface area contributed by atoms with Gasteiger partial charge in [-0.1, -0.05) is 41.1 Å². The average molecular weight is 304 g/mol. The number of hydrogen-bond acceptors (Lipinski definition) is 4. The van der Waals surface area contributed by atoms with Gasteiger partial charge in [-0.05, 0) is 4.92 Å². The first-order chi connectivity index (χ1) is 7.52. The number of hydrogen-bond donors (Lipinski definition) is 0. The predicted molar refractivity (Wildman–Crippen MR) is 66.5 cm³/mol. The van der Waals surface area contributed by atoms with Crippen LogP contribution in [-0.4, -0.2) is 19.1 Å². The van der Waals surface area contributed by atoms with Gasteiger partial charge in [0.25, 0.3) is 4.96 Å². The molecule has 86 valence electrons. The Morgan fingerprint density at radius 1 is 1.62 bits per heavy atom. The van der Waals surface area contributed by atoms with Crippen LogP contribution in [0.15, 0.2) is 11.6 Å². The maximum Gasteiger partial charge on any atom is 0.352 e. The Balaban J connectivity index is 2.64. The molecule has 2 aromatic heterocycles. The van der Waals surface area contributed by atoms with E-state index in [2.05, 4.69) is 20.9 Å². The fourth-order valence-corrected chi connectivity index (χ4v) is 2.46. The molecule has 0 saturated carbocycles. The van der Waals surface area contributed by atoms with E-state index >= 15 is 0 Å². The highest BCUT2D eigenvalue weighted by atomic mass is 79.9. The van der Waals surface area contributed by atoms with Gasteiger partial charge in [0.1, 0.15) is 11.9 Å². The molecule has 0 saturated heterocycles. The summed E-state index contributed by atoms with van der Waals surface area (Å²) in [7, 11) is 0. The van der Waals surface area contributed by atoms with E-state index in [1.165, 1.54) is 15.7 Å². The normalized spacial score (nSPS) is 15.2. The summed E-state index contributed by atoms with van der Waals surface area (Å²) in [5, 5.41) is 12.8. The van der Waals surface area contributed by atoms with E-state index in [0.29, 0.717) is 10.7 Å². The molecule has 0 spiro atoms. The van der Waals surface area contributed by atoms with Crippen molar-refractivity contribution in [1.29, 1.82) is 0 Å². The highest BCUT2D eigenvalue weighted by molar-refractivity contribution is 9.09. The van der Waals surface area contributed by atoms with Crippen LogP contribution in [0.5, 0.6) is 0 Å². The van der Waals surface area contributed by atoms with Crippen molar-refractivity contribution in [1.82, 2.24) is 9.38 Å². The second kappa shape index (κ2) is 4.14. The largest absolute Gasteiger partial charge is 0.358 e. The number of fused-ring (bicyclic) bond motifs is 1. The van der Waals surface area contributed by atoms with Crippen LogP contribution in [0, 0.1) is 10.1 Å². The first kappa shape index (κ1) is 11.5. The number of aromatic nitrogens is 2. The molecule has 2 rings (SSSR count). The minimum Gasteiger partial charge on any atom is -0.358 e. The molecule has 16 heavy (non-hydrogen) atoms. The van der Waals surface area contributed by atoms with E-state index in [1.807, 2.05) is 13.8 Å². The Morgan fingerprint density at radius 2 is 2.31 bits per heavy atom. The molecule has 0 N–H and O–H groups in total. The molecular formula is C9H10BrN3O2S. The standard InChI is InChI=1S/C9H10BrN3O2S/c1-5(6(2)10)7-8(13(14)15)12-3-4-16-9(12)11-7/h3-6H,1-2H3. The fraction of sp³-hybridized carbons (Fsp3) is 0.444. The van der Waals surface area contributed by atoms with Crippen LogP contribution in [0.25, 0.3) is 4.96 Å². The first-order valence-corrected chi connectivity index (χ1v) is 6.55. The van der Waals surface area contributed by atoms with Gasteiger partial charge in [-0.25, -0.2) is 0 Å². The third-order valence-electron chi connectivity index (χ3n) is 2.56. The van der Waals surface area contributed by atoms with Gasteiger partial charge in [-0.2, -0.15) is 9.38 Å². The van der Waals surface area contributed by atoms with Crippen LogP contribution in [-0.2, 0) is 0 Å². The smallest absolute Gasteiger partial charge is 0.352 e.